The maximum Gasteiger partial charge on any atom is 0.226 e. The van der Waals surface area contributed by atoms with Gasteiger partial charge in [-0.05, 0) is 6.07 Å². The Bertz CT molecular complexity index is 380. The topological polar surface area (TPSA) is 45.2 Å². The molecule has 1 aliphatic heterocycles. The van der Waals surface area contributed by atoms with Crippen LogP contribution in [0.2, 0.25) is 5.15 Å². The number of rotatable bonds is 0. The fraction of sp³-hybridized carbons (Fsp3) is 0.333. The van der Waals surface area contributed by atoms with Crippen LogP contribution in [0.25, 0.3) is 0 Å². The number of anilines is 2. The quantitative estimate of drug-likeness (QED) is 0.662. The van der Waals surface area contributed by atoms with Crippen molar-refractivity contribution in [1.82, 2.24) is 4.98 Å². The highest BCUT2D eigenvalue weighted by Crippen LogP contribution is 2.32. The van der Waals surface area contributed by atoms with Crippen molar-refractivity contribution in [1.29, 1.82) is 0 Å². The van der Waals surface area contributed by atoms with E-state index < -0.39 is 0 Å². The minimum absolute atomic E-state index is 0.0227. The summed E-state index contributed by atoms with van der Waals surface area (Å²) in [6.07, 6.45) is 2.11. The zero-order valence-electron chi connectivity index (χ0n) is 7.75. The van der Waals surface area contributed by atoms with E-state index in [1.807, 2.05) is 18.0 Å². The summed E-state index contributed by atoms with van der Waals surface area (Å²) >= 11 is 5.89. The van der Waals surface area contributed by atoms with Gasteiger partial charge in [0.05, 0.1) is 5.69 Å². The number of hydrogen-bond acceptors (Lipinski definition) is 3. The van der Waals surface area contributed by atoms with Crippen LogP contribution in [0.15, 0.2) is 12.3 Å². The Morgan fingerprint density at radius 3 is 3.21 bits per heavy atom. The van der Waals surface area contributed by atoms with Gasteiger partial charge >= 0.3 is 0 Å². The third-order valence-electron chi connectivity index (χ3n) is 2.23. The molecule has 4 nitrogen and oxygen atoms in total. The molecule has 0 saturated heterocycles. The third kappa shape index (κ3) is 1.53. The van der Waals surface area contributed by atoms with E-state index in [1.165, 1.54) is 0 Å². The van der Waals surface area contributed by atoms with E-state index in [4.69, 9.17) is 11.6 Å². The average molecular weight is 212 g/mol. The molecule has 0 spiro atoms. The summed E-state index contributed by atoms with van der Waals surface area (Å²) in [6.45, 7) is 0.694. The Morgan fingerprint density at radius 2 is 2.43 bits per heavy atom. The van der Waals surface area contributed by atoms with E-state index in [0.29, 0.717) is 23.8 Å². The van der Waals surface area contributed by atoms with Crippen LogP contribution in [0.3, 0.4) is 0 Å². The number of carbonyl (C=O) groups excluding carboxylic acids is 1. The third-order valence-corrected chi connectivity index (χ3v) is 2.52. The van der Waals surface area contributed by atoms with Crippen molar-refractivity contribution in [3.63, 3.8) is 0 Å². The molecule has 1 aromatic heterocycles. The first-order valence-corrected chi connectivity index (χ1v) is 4.72. The molecule has 0 atom stereocenters. The van der Waals surface area contributed by atoms with Crippen LogP contribution in [0.1, 0.15) is 6.42 Å². The van der Waals surface area contributed by atoms with Gasteiger partial charge in [0.15, 0.2) is 5.15 Å². The molecule has 0 aliphatic carbocycles. The fourth-order valence-corrected chi connectivity index (χ4v) is 1.65. The number of halogens is 1. The summed E-state index contributed by atoms with van der Waals surface area (Å²) in [5.74, 6) is -0.0227. The van der Waals surface area contributed by atoms with Crippen LogP contribution in [-0.4, -0.2) is 24.5 Å². The summed E-state index contributed by atoms with van der Waals surface area (Å²) in [5.41, 5.74) is 1.52. The van der Waals surface area contributed by atoms with Gasteiger partial charge in [0.1, 0.15) is 5.69 Å². The van der Waals surface area contributed by atoms with E-state index in [-0.39, 0.29) is 5.91 Å². The molecule has 1 aliphatic rings. The van der Waals surface area contributed by atoms with Crippen LogP contribution in [-0.2, 0) is 4.79 Å². The van der Waals surface area contributed by atoms with Crippen LogP contribution in [0.4, 0.5) is 11.4 Å². The highest BCUT2D eigenvalue weighted by atomic mass is 35.5. The number of nitrogens with one attached hydrogen (secondary N) is 1. The second kappa shape index (κ2) is 3.46. The van der Waals surface area contributed by atoms with E-state index in [2.05, 4.69) is 10.3 Å². The molecule has 1 N–H and O–H groups in total. The first-order valence-electron chi connectivity index (χ1n) is 4.34. The summed E-state index contributed by atoms with van der Waals surface area (Å²) in [4.78, 5) is 17.2. The van der Waals surface area contributed by atoms with Gasteiger partial charge in [-0.3, -0.25) is 4.79 Å². The lowest BCUT2D eigenvalue weighted by Gasteiger charge is -2.17. The van der Waals surface area contributed by atoms with Gasteiger partial charge < -0.3 is 10.2 Å². The molecule has 2 rings (SSSR count). The predicted molar refractivity (Wildman–Crippen MR) is 55.8 cm³/mol. The van der Waals surface area contributed by atoms with Gasteiger partial charge in [0.2, 0.25) is 5.91 Å². The highest BCUT2D eigenvalue weighted by molar-refractivity contribution is 6.33. The maximum absolute atomic E-state index is 11.3. The van der Waals surface area contributed by atoms with Crippen LogP contribution in [0.5, 0.6) is 0 Å². The van der Waals surface area contributed by atoms with E-state index in [1.54, 1.807) is 6.20 Å². The lowest BCUT2D eigenvalue weighted by molar-refractivity contribution is -0.115. The van der Waals surface area contributed by atoms with Gasteiger partial charge in [-0.2, -0.15) is 0 Å². The van der Waals surface area contributed by atoms with Crippen molar-refractivity contribution in [3.05, 3.63) is 17.4 Å². The number of amides is 1. The number of aromatic nitrogens is 1. The first kappa shape index (κ1) is 9.27. The Labute approximate surface area is 86.9 Å². The maximum atomic E-state index is 11.3. The number of carbonyl (C=O) groups is 1. The van der Waals surface area contributed by atoms with Gasteiger partial charge in [0, 0.05) is 26.2 Å². The zero-order valence-corrected chi connectivity index (χ0v) is 8.51. The fourth-order valence-electron chi connectivity index (χ4n) is 1.45. The number of nitrogens with zero attached hydrogens (tertiary/aromatic N) is 2. The Kier molecular flexibility index (Phi) is 2.29. The highest BCUT2D eigenvalue weighted by Gasteiger charge is 2.18. The van der Waals surface area contributed by atoms with Gasteiger partial charge in [-0.1, -0.05) is 11.6 Å². The van der Waals surface area contributed by atoms with Gasteiger partial charge in [-0.15, -0.1) is 0 Å². The summed E-state index contributed by atoms with van der Waals surface area (Å²) in [7, 11) is 1.93. The molecular weight excluding hydrogens is 202 g/mol. The van der Waals surface area contributed by atoms with Crippen LogP contribution < -0.4 is 10.2 Å². The Hall–Kier alpha value is -1.29. The Morgan fingerprint density at radius 1 is 1.64 bits per heavy atom. The van der Waals surface area contributed by atoms with Crippen molar-refractivity contribution in [2.24, 2.45) is 0 Å². The molecular formula is C9H10ClN3O. The number of hydrogen-bond donors (Lipinski definition) is 1. The lowest BCUT2D eigenvalue weighted by atomic mass is 10.3. The normalized spacial score (nSPS) is 15.9. The molecule has 0 fully saturated rings. The molecule has 0 aromatic carbocycles. The van der Waals surface area contributed by atoms with Crippen molar-refractivity contribution in [2.75, 3.05) is 23.8 Å². The van der Waals surface area contributed by atoms with Crippen molar-refractivity contribution < 1.29 is 4.79 Å². The van der Waals surface area contributed by atoms with Crippen molar-refractivity contribution in [2.45, 2.75) is 6.42 Å². The van der Waals surface area contributed by atoms with E-state index >= 15 is 0 Å². The lowest BCUT2D eigenvalue weighted by Crippen LogP contribution is -2.18. The minimum Gasteiger partial charge on any atom is -0.372 e. The second-order valence-corrected chi connectivity index (χ2v) is 3.57. The average Bonchev–Trinajstić information content (AvgIpc) is 2.30. The van der Waals surface area contributed by atoms with Gasteiger partial charge in [-0.25, -0.2) is 4.98 Å². The molecule has 5 heteroatoms. The first-order chi connectivity index (χ1) is 6.68. The van der Waals surface area contributed by atoms with Crippen LogP contribution >= 0.6 is 11.6 Å². The minimum atomic E-state index is -0.0227. The SMILES string of the molecule is CN1CCC(=O)Nc2c1ccnc2Cl. The Balaban J connectivity index is 2.52. The monoisotopic (exact) mass is 211 g/mol. The predicted octanol–water partition coefficient (Wildman–Crippen LogP) is 1.51. The molecule has 0 unspecified atom stereocenters. The van der Waals surface area contributed by atoms with Crippen molar-refractivity contribution in [3.8, 4) is 0 Å². The van der Waals surface area contributed by atoms with Crippen molar-refractivity contribution >= 4 is 28.9 Å². The molecule has 0 bridgehead atoms. The smallest absolute Gasteiger partial charge is 0.226 e. The number of pyridine rings is 1. The molecule has 0 radical (unpaired) electrons. The number of fused-ring (bicyclic) bond motifs is 1. The summed E-state index contributed by atoms with van der Waals surface area (Å²) in [5, 5.41) is 3.08. The van der Waals surface area contributed by atoms with Crippen LogP contribution in [0, 0.1) is 0 Å². The second-order valence-electron chi connectivity index (χ2n) is 3.22. The standard InChI is InChI=1S/C9H10ClN3O/c1-13-5-3-7(14)12-8-6(13)2-4-11-9(8)10/h2,4H,3,5H2,1H3,(H,12,14). The molecule has 2 heterocycles. The van der Waals surface area contributed by atoms with E-state index in [0.717, 1.165) is 5.69 Å². The summed E-state index contributed by atoms with van der Waals surface area (Å²) in [6, 6.07) is 1.84. The summed E-state index contributed by atoms with van der Waals surface area (Å²) < 4.78 is 0. The molecule has 14 heavy (non-hydrogen) atoms. The molecule has 0 saturated carbocycles. The van der Waals surface area contributed by atoms with E-state index in [9.17, 15) is 4.79 Å². The van der Waals surface area contributed by atoms with Gasteiger partial charge in [0.25, 0.3) is 0 Å². The molecule has 74 valence electrons. The largest absolute Gasteiger partial charge is 0.372 e. The molecule has 1 amide bonds. The molecule has 1 aromatic rings. The zero-order chi connectivity index (χ0) is 10.1.